The number of aliphatic imine (C=N–C) groups is 1. The van der Waals surface area contributed by atoms with Crippen molar-refractivity contribution in [3.05, 3.63) is 59.2 Å². The molecule has 21 heavy (non-hydrogen) atoms. The van der Waals surface area contributed by atoms with Crippen molar-refractivity contribution in [1.82, 2.24) is 0 Å². The second-order valence-electron chi connectivity index (χ2n) is 4.80. The zero-order valence-electron chi connectivity index (χ0n) is 11.9. The van der Waals surface area contributed by atoms with Crippen LogP contribution in [0.2, 0.25) is 0 Å². The lowest BCUT2D eigenvalue weighted by Gasteiger charge is -2.16. The normalized spacial score (nSPS) is 13.4. The van der Waals surface area contributed by atoms with Crippen molar-refractivity contribution in [1.29, 1.82) is 0 Å². The van der Waals surface area contributed by atoms with E-state index in [4.69, 9.17) is 9.47 Å². The monoisotopic (exact) mass is 281 g/mol. The van der Waals surface area contributed by atoms with Crippen molar-refractivity contribution in [3.63, 3.8) is 0 Å². The molecule has 0 bridgehead atoms. The van der Waals surface area contributed by atoms with Gasteiger partial charge in [0.25, 0.3) is 5.91 Å². The number of amides is 1. The quantitative estimate of drug-likeness (QED) is 0.869. The Balaban J connectivity index is 2.04. The molecule has 3 rings (SSSR count). The third-order valence-corrected chi connectivity index (χ3v) is 3.53. The Hall–Kier alpha value is -2.62. The van der Waals surface area contributed by atoms with Crippen LogP contribution in [0.3, 0.4) is 0 Å². The first-order valence-electron chi connectivity index (χ1n) is 6.64. The van der Waals surface area contributed by atoms with Crippen LogP contribution < -0.4 is 9.47 Å². The largest absolute Gasteiger partial charge is 0.497 e. The average molecular weight is 281 g/mol. The van der Waals surface area contributed by atoms with E-state index in [1.807, 2.05) is 36.4 Å². The third-order valence-electron chi connectivity index (χ3n) is 3.53. The van der Waals surface area contributed by atoms with E-state index < -0.39 is 0 Å². The van der Waals surface area contributed by atoms with E-state index in [9.17, 15) is 4.79 Å². The maximum Gasteiger partial charge on any atom is 0.277 e. The van der Waals surface area contributed by atoms with Crippen LogP contribution in [-0.2, 0) is 6.42 Å². The van der Waals surface area contributed by atoms with Gasteiger partial charge >= 0.3 is 0 Å². The Kier molecular flexibility index (Phi) is 3.44. The Labute approximate surface area is 123 Å². The van der Waals surface area contributed by atoms with Crippen LogP contribution in [0.25, 0.3) is 0 Å². The highest BCUT2D eigenvalue weighted by molar-refractivity contribution is 6.15. The zero-order chi connectivity index (χ0) is 14.8. The summed E-state index contributed by atoms with van der Waals surface area (Å²) in [5, 5.41) is 0. The van der Waals surface area contributed by atoms with Gasteiger partial charge in [0.2, 0.25) is 0 Å². The van der Waals surface area contributed by atoms with Crippen LogP contribution in [0.1, 0.15) is 21.5 Å². The van der Waals surface area contributed by atoms with E-state index in [0.29, 0.717) is 23.5 Å². The molecular formula is C17H15NO3. The molecular weight excluding hydrogens is 266 g/mol. The molecule has 0 atom stereocenters. The highest BCUT2D eigenvalue weighted by Gasteiger charge is 2.20. The lowest BCUT2D eigenvalue weighted by atomic mass is 9.94. The van der Waals surface area contributed by atoms with Crippen molar-refractivity contribution in [2.24, 2.45) is 4.99 Å². The number of benzene rings is 2. The lowest BCUT2D eigenvalue weighted by Crippen LogP contribution is -2.17. The molecule has 1 aliphatic rings. The fourth-order valence-electron chi connectivity index (χ4n) is 2.43. The minimum atomic E-state index is -0.200. The van der Waals surface area contributed by atoms with Crippen molar-refractivity contribution in [2.75, 3.05) is 14.2 Å². The van der Waals surface area contributed by atoms with Gasteiger partial charge in [0.05, 0.1) is 19.9 Å². The number of nitrogens with zero attached hydrogens (tertiary/aromatic N) is 1. The minimum absolute atomic E-state index is 0.200. The lowest BCUT2D eigenvalue weighted by molar-refractivity contribution is 0.1000. The molecule has 0 saturated heterocycles. The first-order chi connectivity index (χ1) is 10.2. The molecule has 2 aromatic rings. The summed E-state index contributed by atoms with van der Waals surface area (Å²) in [6.07, 6.45) is 0.623. The van der Waals surface area contributed by atoms with Crippen molar-refractivity contribution < 1.29 is 14.3 Å². The van der Waals surface area contributed by atoms with Gasteiger partial charge in [-0.25, -0.2) is 4.99 Å². The van der Waals surface area contributed by atoms with Gasteiger partial charge in [0.1, 0.15) is 11.5 Å². The van der Waals surface area contributed by atoms with E-state index in [0.717, 1.165) is 16.8 Å². The molecule has 0 saturated carbocycles. The second-order valence-corrected chi connectivity index (χ2v) is 4.80. The molecule has 0 spiro atoms. The van der Waals surface area contributed by atoms with Gasteiger partial charge in [-0.1, -0.05) is 18.2 Å². The van der Waals surface area contributed by atoms with Gasteiger partial charge in [0.15, 0.2) is 0 Å². The average Bonchev–Trinajstić information content (AvgIpc) is 2.54. The third kappa shape index (κ3) is 2.52. The molecule has 106 valence electrons. The number of rotatable bonds is 3. The van der Waals surface area contributed by atoms with E-state index >= 15 is 0 Å². The van der Waals surface area contributed by atoms with Gasteiger partial charge in [-0.3, -0.25) is 4.79 Å². The standard InChI is InChI=1S/C17H15NO3/c1-20-13-7-12(8-14(10-13)21-2)16-9-11-5-3-4-6-15(11)17(19)18-16/h3-8,10H,9H2,1-2H3. The van der Waals surface area contributed by atoms with Gasteiger partial charge in [-0.05, 0) is 23.8 Å². The number of carbonyl (C=O) groups excluding carboxylic acids is 1. The molecule has 0 radical (unpaired) electrons. The molecule has 4 nitrogen and oxygen atoms in total. The summed E-state index contributed by atoms with van der Waals surface area (Å²) in [4.78, 5) is 16.3. The summed E-state index contributed by atoms with van der Waals surface area (Å²) < 4.78 is 10.5. The molecule has 1 amide bonds. The van der Waals surface area contributed by atoms with Crippen LogP contribution in [0, 0.1) is 0 Å². The number of carbonyl (C=O) groups is 1. The molecule has 2 aromatic carbocycles. The van der Waals surface area contributed by atoms with Crippen molar-refractivity contribution >= 4 is 11.6 Å². The topological polar surface area (TPSA) is 47.9 Å². The predicted octanol–water partition coefficient (Wildman–Crippen LogP) is 2.89. The number of hydrogen-bond donors (Lipinski definition) is 0. The highest BCUT2D eigenvalue weighted by Crippen LogP contribution is 2.26. The Morgan fingerprint density at radius 2 is 1.67 bits per heavy atom. The van der Waals surface area contributed by atoms with E-state index in [-0.39, 0.29) is 5.91 Å². The molecule has 0 unspecified atom stereocenters. The van der Waals surface area contributed by atoms with Crippen LogP contribution >= 0.6 is 0 Å². The van der Waals surface area contributed by atoms with E-state index in [1.165, 1.54) is 0 Å². The Morgan fingerprint density at radius 1 is 1.00 bits per heavy atom. The fourth-order valence-corrected chi connectivity index (χ4v) is 2.43. The summed E-state index contributed by atoms with van der Waals surface area (Å²) in [5.74, 6) is 1.16. The molecule has 0 aromatic heterocycles. The highest BCUT2D eigenvalue weighted by atomic mass is 16.5. The maximum atomic E-state index is 12.1. The zero-order valence-corrected chi connectivity index (χ0v) is 11.9. The Bertz CT molecular complexity index is 712. The second kappa shape index (κ2) is 5.40. The maximum absolute atomic E-state index is 12.1. The smallest absolute Gasteiger partial charge is 0.277 e. The SMILES string of the molecule is COc1cc(OC)cc(C2=NC(=O)c3ccccc3C2)c1. The van der Waals surface area contributed by atoms with Crippen LogP contribution in [0.5, 0.6) is 11.5 Å². The molecule has 0 N–H and O–H groups in total. The number of hydrogen-bond acceptors (Lipinski definition) is 3. The van der Waals surface area contributed by atoms with Gasteiger partial charge in [0, 0.05) is 23.6 Å². The van der Waals surface area contributed by atoms with Gasteiger partial charge in [-0.2, -0.15) is 0 Å². The van der Waals surface area contributed by atoms with Crippen LogP contribution in [-0.4, -0.2) is 25.8 Å². The van der Waals surface area contributed by atoms with Gasteiger partial charge in [-0.15, -0.1) is 0 Å². The van der Waals surface area contributed by atoms with E-state index in [1.54, 1.807) is 20.3 Å². The fraction of sp³-hybridized carbons (Fsp3) is 0.176. The summed E-state index contributed by atoms with van der Waals surface area (Å²) in [6.45, 7) is 0. The minimum Gasteiger partial charge on any atom is -0.497 e. The molecule has 4 heteroatoms. The predicted molar refractivity (Wildman–Crippen MR) is 80.6 cm³/mol. The molecule has 0 aliphatic carbocycles. The van der Waals surface area contributed by atoms with Crippen LogP contribution in [0.15, 0.2) is 47.5 Å². The first kappa shape index (κ1) is 13.4. The first-order valence-corrected chi connectivity index (χ1v) is 6.64. The summed E-state index contributed by atoms with van der Waals surface area (Å²) >= 11 is 0. The summed E-state index contributed by atoms with van der Waals surface area (Å²) in [5.41, 5.74) is 3.25. The number of fused-ring (bicyclic) bond motifs is 1. The molecule has 1 heterocycles. The van der Waals surface area contributed by atoms with Crippen molar-refractivity contribution in [2.45, 2.75) is 6.42 Å². The summed E-state index contributed by atoms with van der Waals surface area (Å²) in [6, 6.07) is 13.1. The number of methoxy groups -OCH3 is 2. The number of ether oxygens (including phenoxy) is 2. The van der Waals surface area contributed by atoms with Gasteiger partial charge < -0.3 is 9.47 Å². The van der Waals surface area contributed by atoms with Crippen molar-refractivity contribution in [3.8, 4) is 11.5 Å². The summed E-state index contributed by atoms with van der Waals surface area (Å²) in [7, 11) is 3.20. The molecule has 1 aliphatic heterocycles. The molecule has 0 fully saturated rings. The van der Waals surface area contributed by atoms with E-state index in [2.05, 4.69) is 4.99 Å². The Morgan fingerprint density at radius 3 is 2.33 bits per heavy atom. The van der Waals surface area contributed by atoms with Crippen LogP contribution in [0.4, 0.5) is 0 Å².